The van der Waals surface area contributed by atoms with Crippen LogP contribution in [0.15, 0.2) is 34.1 Å². The van der Waals surface area contributed by atoms with E-state index in [1.165, 1.54) is 24.2 Å². The van der Waals surface area contributed by atoms with Crippen molar-refractivity contribution in [1.82, 2.24) is 4.90 Å². The Morgan fingerprint density at radius 3 is 2.71 bits per heavy atom. The van der Waals surface area contributed by atoms with Gasteiger partial charge < -0.3 is 14.4 Å². The Bertz CT molecular complexity index is 754. The van der Waals surface area contributed by atoms with Crippen molar-refractivity contribution in [2.45, 2.75) is 38.3 Å². The van der Waals surface area contributed by atoms with Crippen LogP contribution in [0.1, 0.15) is 40.9 Å². The van der Waals surface area contributed by atoms with Crippen molar-refractivity contribution in [1.29, 1.82) is 0 Å². The van der Waals surface area contributed by atoms with Crippen molar-refractivity contribution in [2.24, 2.45) is 0 Å². The van der Waals surface area contributed by atoms with E-state index in [4.69, 9.17) is 9.47 Å². The number of nitrogens with zero attached hydrogens (tertiary/aromatic N) is 1. The Morgan fingerprint density at radius 2 is 1.96 bits per heavy atom. The molecule has 24 heavy (non-hydrogen) atoms. The van der Waals surface area contributed by atoms with Crippen LogP contribution in [-0.4, -0.2) is 23.6 Å². The Kier molecular flexibility index (Phi) is 4.50. The van der Waals surface area contributed by atoms with Gasteiger partial charge in [-0.1, -0.05) is 18.9 Å². The number of hydrogen-bond donors (Lipinski definition) is 0. The molecule has 1 fully saturated rings. The summed E-state index contributed by atoms with van der Waals surface area (Å²) in [6.45, 7) is 0.878. The van der Waals surface area contributed by atoms with Crippen LogP contribution >= 0.6 is 27.3 Å². The van der Waals surface area contributed by atoms with Crippen LogP contribution in [-0.2, 0) is 6.54 Å². The van der Waals surface area contributed by atoms with Gasteiger partial charge in [0.05, 0.1) is 8.66 Å². The van der Waals surface area contributed by atoms with E-state index < -0.39 is 0 Å². The van der Waals surface area contributed by atoms with Gasteiger partial charge in [-0.15, -0.1) is 11.3 Å². The number of amides is 1. The van der Waals surface area contributed by atoms with Crippen molar-refractivity contribution < 1.29 is 14.3 Å². The second-order valence-electron chi connectivity index (χ2n) is 6.16. The number of carbonyl (C=O) groups excluding carboxylic acids is 1. The molecule has 0 saturated heterocycles. The van der Waals surface area contributed by atoms with Crippen molar-refractivity contribution in [3.63, 3.8) is 0 Å². The van der Waals surface area contributed by atoms with E-state index >= 15 is 0 Å². The standard InChI is InChI=1S/C18H18BrNO3S/c19-17-8-7-16(24-17)18(21)20(13-3-1-2-4-13)10-12-5-6-14-15(9-12)23-11-22-14/h5-9,13H,1-4,10-11H2. The normalized spacial score (nSPS) is 16.5. The van der Waals surface area contributed by atoms with E-state index in [1.807, 2.05) is 35.2 Å². The minimum Gasteiger partial charge on any atom is -0.454 e. The summed E-state index contributed by atoms with van der Waals surface area (Å²) in [5.41, 5.74) is 1.08. The van der Waals surface area contributed by atoms with Crippen LogP contribution in [0, 0.1) is 0 Å². The quantitative estimate of drug-likeness (QED) is 0.728. The molecule has 4 rings (SSSR count). The van der Waals surface area contributed by atoms with Crippen LogP contribution in [0.4, 0.5) is 0 Å². The average Bonchev–Trinajstić information content (AvgIpc) is 3.32. The number of carbonyl (C=O) groups is 1. The highest BCUT2D eigenvalue weighted by atomic mass is 79.9. The van der Waals surface area contributed by atoms with Crippen LogP contribution in [0.5, 0.6) is 11.5 Å². The van der Waals surface area contributed by atoms with Crippen LogP contribution in [0.3, 0.4) is 0 Å². The number of halogens is 1. The Hall–Kier alpha value is -1.53. The Labute approximate surface area is 153 Å². The van der Waals surface area contributed by atoms with Gasteiger partial charge in [0.15, 0.2) is 11.5 Å². The molecule has 0 spiro atoms. The number of hydrogen-bond acceptors (Lipinski definition) is 4. The van der Waals surface area contributed by atoms with Gasteiger partial charge in [0, 0.05) is 12.6 Å². The molecule has 1 saturated carbocycles. The summed E-state index contributed by atoms with van der Waals surface area (Å²) in [4.78, 5) is 15.9. The third kappa shape index (κ3) is 3.17. The zero-order valence-corrected chi connectivity index (χ0v) is 15.6. The third-order valence-corrected chi connectivity index (χ3v) is 6.21. The topological polar surface area (TPSA) is 38.8 Å². The van der Waals surface area contributed by atoms with Crippen LogP contribution in [0.2, 0.25) is 0 Å². The number of fused-ring (bicyclic) bond motifs is 1. The van der Waals surface area contributed by atoms with E-state index in [0.717, 1.165) is 38.6 Å². The maximum absolute atomic E-state index is 13.0. The van der Waals surface area contributed by atoms with E-state index in [-0.39, 0.29) is 12.7 Å². The fourth-order valence-corrected chi connectivity index (χ4v) is 4.73. The first-order valence-electron chi connectivity index (χ1n) is 8.15. The molecule has 1 amide bonds. The van der Waals surface area contributed by atoms with Crippen LogP contribution in [0.25, 0.3) is 0 Å². The summed E-state index contributed by atoms with van der Waals surface area (Å²) >= 11 is 4.95. The molecular weight excluding hydrogens is 390 g/mol. The molecule has 0 atom stereocenters. The summed E-state index contributed by atoms with van der Waals surface area (Å²) in [5.74, 6) is 1.67. The summed E-state index contributed by atoms with van der Waals surface area (Å²) in [6.07, 6.45) is 4.57. The number of thiophene rings is 1. The SMILES string of the molecule is O=C(c1ccc(Br)s1)N(Cc1ccc2c(c1)OCO2)C1CCCC1. The lowest BCUT2D eigenvalue weighted by molar-refractivity contribution is 0.0669. The molecule has 126 valence electrons. The maximum atomic E-state index is 13.0. The molecule has 1 aromatic carbocycles. The molecule has 0 radical (unpaired) electrons. The molecule has 2 heterocycles. The molecule has 1 aliphatic heterocycles. The lowest BCUT2D eigenvalue weighted by atomic mass is 10.1. The molecule has 2 aliphatic rings. The predicted molar refractivity (Wildman–Crippen MR) is 96.7 cm³/mol. The average molecular weight is 408 g/mol. The Morgan fingerprint density at radius 1 is 1.17 bits per heavy atom. The zero-order chi connectivity index (χ0) is 16.5. The van der Waals surface area contributed by atoms with Crippen molar-refractivity contribution in [3.05, 3.63) is 44.6 Å². The van der Waals surface area contributed by atoms with E-state index in [0.29, 0.717) is 12.6 Å². The van der Waals surface area contributed by atoms with Gasteiger partial charge in [-0.2, -0.15) is 0 Å². The zero-order valence-electron chi connectivity index (χ0n) is 13.2. The highest BCUT2D eigenvalue weighted by molar-refractivity contribution is 9.11. The van der Waals surface area contributed by atoms with Gasteiger partial charge >= 0.3 is 0 Å². The molecule has 1 aliphatic carbocycles. The number of benzene rings is 1. The first kappa shape index (κ1) is 16.0. The number of rotatable bonds is 4. The van der Waals surface area contributed by atoms with Gasteiger partial charge in [0.2, 0.25) is 6.79 Å². The van der Waals surface area contributed by atoms with Gasteiger partial charge in [0.1, 0.15) is 0 Å². The van der Waals surface area contributed by atoms with E-state index in [9.17, 15) is 4.79 Å². The van der Waals surface area contributed by atoms with E-state index in [1.54, 1.807) is 0 Å². The predicted octanol–water partition coefficient (Wildman–Crippen LogP) is 4.82. The lowest BCUT2D eigenvalue weighted by Crippen LogP contribution is -2.37. The molecule has 4 nitrogen and oxygen atoms in total. The summed E-state index contributed by atoms with van der Waals surface area (Å²) in [5, 5.41) is 0. The minimum atomic E-state index is 0.121. The molecule has 0 N–H and O–H groups in total. The lowest BCUT2D eigenvalue weighted by Gasteiger charge is -2.29. The van der Waals surface area contributed by atoms with E-state index in [2.05, 4.69) is 15.9 Å². The largest absolute Gasteiger partial charge is 0.454 e. The van der Waals surface area contributed by atoms with Crippen molar-refractivity contribution >= 4 is 33.2 Å². The summed E-state index contributed by atoms with van der Waals surface area (Å²) in [6, 6.07) is 10.1. The molecule has 2 aromatic rings. The second-order valence-corrected chi connectivity index (χ2v) is 8.63. The summed E-state index contributed by atoms with van der Waals surface area (Å²) in [7, 11) is 0. The molecular formula is C18H18BrNO3S. The number of ether oxygens (including phenoxy) is 2. The second kappa shape index (κ2) is 6.76. The Balaban J connectivity index is 1.59. The van der Waals surface area contributed by atoms with Gasteiger partial charge in [-0.25, -0.2) is 0 Å². The minimum absolute atomic E-state index is 0.121. The van der Waals surface area contributed by atoms with Gasteiger partial charge in [0.25, 0.3) is 5.91 Å². The molecule has 1 aromatic heterocycles. The molecule has 0 unspecified atom stereocenters. The highest BCUT2D eigenvalue weighted by Crippen LogP contribution is 2.34. The first-order chi connectivity index (χ1) is 11.7. The monoisotopic (exact) mass is 407 g/mol. The maximum Gasteiger partial charge on any atom is 0.264 e. The van der Waals surface area contributed by atoms with Gasteiger partial charge in [-0.3, -0.25) is 4.79 Å². The van der Waals surface area contributed by atoms with Crippen LogP contribution < -0.4 is 9.47 Å². The van der Waals surface area contributed by atoms with Gasteiger partial charge in [-0.05, 0) is 58.6 Å². The smallest absolute Gasteiger partial charge is 0.264 e. The van der Waals surface area contributed by atoms with Crippen molar-refractivity contribution in [2.75, 3.05) is 6.79 Å². The molecule has 6 heteroatoms. The first-order valence-corrected chi connectivity index (χ1v) is 9.76. The highest BCUT2D eigenvalue weighted by Gasteiger charge is 2.28. The van der Waals surface area contributed by atoms with Crippen molar-refractivity contribution in [3.8, 4) is 11.5 Å². The summed E-state index contributed by atoms with van der Waals surface area (Å²) < 4.78 is 11.8. The fourth-order valence-electron chi connectivity index (χ4n) is 3.39. The molecule has 0 bridgehead atoms. The fraction of sp³-hybridized carbons (Fsp3) is 0.389. The third-order valence-electron chi connectivity index (χ3n) is 4.60.